The molecule has 0 radical (unpaired) electrons. The molecule has 2 aromatic carbocycles. The third-order valence-corrected chi connectivity index (χ3v) is 7.04. The first-order valence-electron chi connectivity index (χ1n) is 9.14. The van der Waals surface area contributed by atoms with Crippen LogP contribution in [0.3, 0.4) is 0 Å². The van der Waals surface area contributed by atoms with Gasteiger partial charge in [0.1, 0.15) is 11.5 Å². The van der Waals surface area contributed by atoms with Crippen molar-refractivity contribution in [3.8, 4) is 11.5 Å². The predicted molar refractivity (Wildman–Crippen MR) is 111 cm³/mol. The first-order chi connectivity index (χ1) is 13.9. The number of anilines is 1. The highest BCUT2D eigenvalue weighted by Gasteiger charge is 2.33. The van der Waals surface area contributed by atoms with Crippen LogP contribution in [0.15, 0.2) is 47.4 Å². The van der Waals surface area contributed by atoms with Crippen LogP contribution in [0.5, 0.6) is 11.5 Å². The molecule has 2 aromatic rings. The standard InChI is InChI=1S/C20H23ClN2O5S/c1-27-18-12-19(28-2)17(11-16(18)21)22-20(24)14-7-6-10-23(13-14)29(25,26)15-8-4-3-5-9-15/h3-5,8-9,11-12,14H,6-7,10,13H2,1-2H3,(H,22,24). The van der Waals surface area contributed by atoms with Gasteiger partial charge >= 0.3 is 0 Å². The van der Waals surface area contributed by atoms with E-state index in [0.29, 0.717) is 41.6 Å². The number of piperidine rings is 1. The molecule has 1 amide bonds. The fraction of sp³-hybridized carbons (Fsp3) is 0.350. The Morgan fingerprint density at radius 2 is 1.83 bits per heavy atom. The Hall–Kier alpha value is -2.29. The van der Waals surface area contributed by atoms with E-state index < -0.39 is 15.9 Å². The minimum Gasteiger partial charge on any atom is -0.495 e. The molecule has 1 fully saturated rings. The van der Waals surface area contributed by atoms with Crippen LogP contribution in [-0.4, -0.2) is 45.9 Å². The smallest absolute Gasteiger partial charge is 0.243 e. The molecule has 0 aromatic heterocycles. The van der Waals surface area contributed by atoms with E-state index in [1.165, 1.54) is 18.5 Å². The van der Waals surface area contributed by atoms with Crippen LogP contribution in [0.1, 0.15) is 12.8 Å². The van der Waals surface area contributed by atoms with Crippen LogP contribution in [0.2, 0.25) is 5.02 Å². The molecule has 156 valence electrons. The molecule has 3 rings (SSSR count). The number of amides is 1. The van der Waals surface area contributed by atoms with Crippen LogP contribution in [0.25, 0.3) is 0 Å². The number of nitrogens with zero attached hydrogens (tertiary/aromatic N) is 1. The van der Waals surface area contributed by atoms with E-state index in [2.05, 4.69) is 5.32 Å². The van der Waals surface area contributed by atoms with Crippen molar-refractivity contribution in [1.82, 2.24) is 4.31 Å². The zero-order valence-corrected chi connectivity index (χ0v) is 17.8. The van der Waals surface area contributed by atoms with Crippen molar-refractivity contribution < 1.29 is 22.7 Å². The Balaban J connectivity index is 1.76. The van der Waals surface area contributed by atoms with Gasteiger partial charge in [-0.15, -0.1) is 0 Å². The maximum Gasteiger partial charge on any atom is 0.243 e. The molecule has 1 atom stereocenters. The van der Waals surface area contributed by atoms with E-state index >= 15 is 0 Å². The number of benzene rings is 2. The predicted octanol–water partition coefficient (Wildman–Crippen LogP) is 3.40. The van der Waals surface area contributed by atoms with Crippen LogP contribution < -0.4 is 14.8 Å². The second-order valence-corrected chi connectivity index (χ2v) is 9.04. The van der Waals surface area contributed by atoms with E-state index in [-0.39, 0.29) is 17.3 Å². The number of hydrogen-bond donors (Lipinski definition) is 1. The van der Waals surface area contributed by atoms with Gasteiger partial charge in [0.05, 0.1) is 35.7 Å². The van der Waals surface area contributed by atoms with Crippen LogP contribution in [-0.2, 0) is 14.8 Å². The van der Waals surface area contributed by atoms with Gasteiger partial charge in [0.15, 0.2) is 0 Å². The number of halogens is 1. The molecule has 1 heterocycles. The highest BCUT2D eigenvalue weighted by atomic mass is 35.5. The van der Waals surface area contributed by atoms with Crippen molar-refractivity contribution in [2.75, 3.05) is 32.6 Å². The lowest BCUT2D eigenvalue weighted by Crippen LogP contribution is -2.43. The van der Waals surface area contributed by atoms with E-state index in [4.69, 9.17) is 21.1 Å². The lowest BCUT2D eigenvalue weighted by molar-refractivity contribution is -0.120. The number of hydrogen-bond acceptors (Lipinski definition) is 5. The summed E-state index contributed by atoms with van der Waals surface area (Å²) < 4.78 is 37.6. The summed E-state index contributed by atoms with van der Waals surface area (Å²) in [5.74, 6) is 0.0776. The second-order valence-electron chi connectivity index (χ2n) is 6.69. The fourth-order valence-corrected chi connectivity index (χ4v) is 5.09. The van der Waals surface area contributed by atoms with Gasteiger partial charge in [0.2, 0.25) is 15.9 Å². The Kier molecular flexibility index (Phi) is 6.66. The summed E-state index contributed by atoms with van der Waals surface area (Å²) in [6, 6.07) is 11.4. The van der Waals surface area contributed by atoms with Gasteiger partial charge < -0.3 is 14.8 Å². The molecule has 1 aliphatic rings. The summed E-state index contributed by atoms with van der Waals surface area (Å²) in [7, 11) is -0.671. The highest BCUT2D eigenvalue weighted by Crippen LogP contribution is 2.36. The second kappa shape index (κ2) is 9.02. The number of ether oxygens (including phenoxy) is 2. The first kappa shape index (κ1) is 21.4. The summed E-state index contributed by atoms with van der Waals surface area (Å²) in [5.41, 5.74) is 0.409. The summed E-state index contributed by atoms with van der Waals surface area (Å²) in [6.45, 7) is 0.508. The van der Waals surface area contributed by atoms with E-state index in [1.807, 2.05) is 0 Å². The Bertz CT molecular complexity index is 982. The Labute approximate surface area is 175 Å². The average molecular weight is 439 g/mol. The van der Waals surface area contributed by atoms with E-state index in [1.54, 1.807) is 42.5 Å². The maximum absolute atomic E-state index is 12.9. The number of sulfonamides is 1. The van der Waals surface area contributed by atoms with Crippen LogP contribution in [0.4, 0.5) is 5.69 Å². The molecule has 1 N–H and O–H groups in total. The molecule has 29 heavy (non-hydrogen) atoms. The van der Waals surface area contributed by atoms with Gasteiger partial charge in [-0.25, -0.2) is 8.42 Å². The normalized spacial score (nSPS) is 17.6. The van der Waals surface area contributed by atoms with Crippen LogP contribution in [0, 0.1) is 5.92 Å². The summed E-state index contributed by atoms with van der Waals surface area (Å²) in [4.78, 5) is 13.1. The SMILES string of the molecule is COc1cc(OC)c(NC(=O)C2CCCN(S(=O)(=O)c3ccccc3)C2)cc1Cl. The van der Waals surface area contributed by atoms with E-state index in [0.717, 1.165) is 0 Å². The van der Waals surface area contributed by atoms with Gasteiger partial charge in [0, 0.05) is 19.2 Å². The van der Waals surface area contributed by atoms with Crippen molar-refractivity contribution in [2.24, 2.45) is 5.92 Å². The van der Waals surface area contributed by atoms with Crippen molar-refractivity contribution >= 4 is 33.2 Å². The Morgan fingerprint density at radius 3 is 2.48 bits per heavy atom. The van der Waals surface area contributed by atoms with Gasteiger partial charge in [-0.1, -0.05) is 29.8 Å². The minimum atomic E-state index is -3.64. The third kappa shape index (κ3) is 4.66. The lowest BCUT2D eigenvalue weighted by Gasteiger charge is -2.31. The molecular weight excluding hydrogens is 416 g/mol. The molecule has 9 heteroatoms. The largest absolute Gasteiger partial charge is 0.495 e. The van der Waals surface area contributed by atoms with E-state index in [9.17, 15) is 13.2 Å². The van der Waals surface area contributed by atoms with Crippen molar-refractivity contribution in [3.05, 3.63) is 47.5 Å². The zero-order chi connectivity index (χ0) is 21.0. The average Bonchev–Trinajstić information content (AvgIpc) is 2.74. The number of carbonyl (C=O) groups is 1. The molecule has 0 aliphatic carbocycles. The highest BCUT2D eigenvalue weighted by molar-refractivity contribution is 7.89. The van der Waals surface area contributed by atoms with Gasteiger partial charge in [-0.3, -0.25) is 4.79 Å². The minimum absolute atomic E-state index is 0.120. The third-order valence-electron chi connectivity index (χ3n) is 4.87. The molecule has 1 aliphatic heterocycles. The van der Waals surface area contributed by atoms with Crippen molar-refractivity contribution in [2.45, 2.75) is 17.7 Å². The quantitative estimate of drug-likeness (QED) is 0.747. The van der Waals surface area contributed by atoms with Crippen molar-refractivity contribution in [1.29, 1.82) is 0 Å². The number of rotatable bonds is 6. The summed E-state index contributed by atoms with van der Waals surface area (Å²) in [5, 5.41) is 3.14. The Morgan fingerprint density at radius 1 is 1.14 bits per heavy atom. The molecular formula is C20H23ClN2O5S. The fourth-order valence-electron chi connectivity index (χ4n) is 3.31. The molecule has 0 spiro atoms. The van der Waals surface area contributed by atoms with Crippen LogP contribution >= 0.6 is 11.6 Å². The maximum atomic E-state index is 12.9. The monoisotopic (exact) mass is 438 g/mol. The number of methoxy groups -OCH3 is 2. The van der Waals surface area contributed by atoms with Gasteiger partial charge in [-0.05, 0) is 31.0 Å². The first-order valence-corrected chi connectivity index (χ1v) is 11.0. The van der Waals surface area contributed by atoms with Gasteiger partial charge in [-0.2, -0.15) is 4.31 Å². The lowest BCUT2D eigenvalue weighted by atomic mass is 9.98. The summed E-state index contributed by atoms with van der Waals surface area (Å²) in [6.07, 6.45) is 1.20. The number of carbonyl (C=O) groups excluding carboxylic acids is 1. The molecule has 0 saturated carbocycles. The zero-order valence-electron chi connectivity index (χ0n) is 16.2. The molecule has 1 saturated heterocycles. The molecule has 0 bridgehead atoms. The number of nitrogens with one attached hydrogen (secondary N) is 1. The van der Waals surface area contributed by atoms with Crippen molar-refractivity contribution in [3.63, 3.8) is 0 Å². The van der Waals surface area contributed by atoms with Gasteiger partial charge in [0.25, 0.3) is 0 Å². The molecule has 7 nitrogen and oxygen atoms in total. The topological polar surface area (TPSA) is 84.9 Å². The summed E-state index contributed by atoms with van der Waals surface area (Å²) >= 11 is 6.16. The molecule has 1 unspecified atom stereocenters.